The van der Waals surface area contributed by atoms with Crippen molar-refractivity contribution in [3.63, 3.8) is 0 Å². The predicted octanol–water partition coefficient (Wildman–Crippen LogP) is 2.74. The minimum absolute atomic E-state index is 0.199. The third-order valence-electron chi connectivity index (χ3n) is 2.94. The van der Waals surface area contributed by atoms with Gasteiger partial charge in [0.15, 0.2) is 0 Å². The number of halogens is 1. The van der Waals surface area contributed by atoms with Crippen molar-refractivity contribution in [2.24, 2.45) is 5.73 Å². The fourth-order valence-corrected chi connectivity index (χ4v) is 2.15. The normalized spacial score (nSPS) is 11.9. The molecule has 1 aromatic heterocycles. The first kappa shape index (κ1) is 14.7. The summed E-state index contributed by atoms with van der Waals surface area (Å²) in [6.07, 6.45) is 3.03. The van der Waals surface area contributed by atoms with Gasteiger partial charge in [-0.3, -0.25) is 4.79 Å². The van der Waals surface area contributed by atoms with Gasteiger partial charge < -0.3 is 11.1 Å². The number of carbonyl (C=O) groups excluding carboxylic acids is 1. The zero-order valence-corrected chi connectivity index (χ0v) is 12.5. The Morgan fingerprint density at radius 1 is 1.25 bits per heavy atom. The van der Waals surface area contributed by atoms with Crippen LogP contribution in [0.4, 0.5) is 5.69 Å². The monoisotopic (exact) mass is 333 g/mol. The molecule has 0 unspecified atom stereocenters. The first-order chi connectivity index (χ1) is 9.66. The Morgan fingerprint density at radius 2 is 2.00 bits per heavy atom. The zero-order valence-electron chi connectivity index (χ0n) is 10.9. The minimum Gasteiger partial charge on any atom is -0.322 e. The van der Waals surface area contributed by atoms with Crippen molar-refractivity contribution >= 4 is 27.5 Å². The average molecular weight is 334 g/mol. The van der Waals surface area contributed by atoms with Crippen molar-refractivity contribution in [2.45, 2.75) is 18.9 Å². The Morgan fingerprint density at radius 3 is 2.70 bits per heavy atom. The highest BCUT2D eigenvalue weighted by Gasteiger charge is 2.14. The van der Waals surface area contributed by atoms with E-state index < -0.39 is 6.04 Å². The molecule has 1 aromatic carbocycles. The van der Waals surface area contributed by atoms with E-state index >= 15 is 0 Å². The van der Waals surface area contributed by atoms with E-state index in [0.717, 1.165) is 6.42 Å². The lowest BCUT2D eigenvalue weighted by Crippen LogP contribution is -2.36. The molecule has 5 heteroatoms. The zero-order chi connectivity index (χ0) is 14.4. The number of hydrogen-bond donors (Lipinski definition) is 2. The van der Waals surface area contributed by atoms with Gasteiger partial charge in [0.2, 0.25) is 5.91 Å². The van der Waals surface area contributed by atoms with Crippen LogP contribution in [0.1, 0.15) is 12.0 Å². The van der Waals surface area contributed by atoms with E-state index in [1.165, 1.54) is 5.56 Å². The van der Waals surface area contributed by atoms with E-state index in [9.17, 15) is 4.79 Å². The molecule has 0 bridgehead atoms. The van der Waals surface area contributed by atoms with Crippen LogP contribution < -0.4 is 11.1 Å². The molecule has 2 rings (SSSR count). The molecule has 1 atom stereocenters. The van der Waals surface area contributed by atoms with Crippen LogP contribution in [-0.2, 0) is 11.2 Å². The van der Waals surface area contributed by atoms with Gasteiger partial charge in [0, 0.05) is 6.20 Å². The maximum Gasteiger partial charge on any atom is 0.241 e. The van der Waals surface area contributed by atoms with Crippen molar-refractivity contribution in [2.75, 3.05) is 5.32 Å². The Hall–Kier alpha value is -1.72. The largest absolute Gasteiger partial charge is 0.322 e. The number of aryl methyl sites for hydroxylation is 1. The van der Waals surface area contributed by atoms with Crippen LogP contribution >= 0.6 is 15.9 Å². The Bertz CT molecular complexity index is 574. The fourth-order valence-electron chi connectivity index (χ4n) is 1.80. The van der Waals surface area contributed by atoms with E-state index in [1.54, 1.807) is 18.3 Å². The molecule has 0 radical (unpaired) electrons. The smallest absolute Gasteiger partial charge is 0.241 e. The van der Waals surface area contributed by atoms with Crippen LogP contribution in [0.5, 0.6) is 0 Å². The summed E-state index contributed by atoms with van der Waals surface area (Å²) in [6, 6.07) is 13.0. The molecule has 0 saturated carbocycles. The third-order valence-corrected chi connectivity index (χ3v) is 3.57. The number of carbonyl (C=O) groups is 1. The van der Waals surface area contributed by atoms with Gasteiger partial charge in [-0.25, -0.2) is 4.98 Å². The van der Waals surface area contributed by atoms with Crippen LogP contribution in [0.2, 0.25) is 0 Å². The molecule has 2 aromatic rings. The van der Waals surface area contributed by atoms with Gasteiger partial charge >= 0.3 is 0 Å². The molecule has 0 spiro atoms. The van der Waals surface area contributed by atoms with Crippen LogP contribution in [0, 0.1) is 0 Å². The molecule has 3 N–H and O–H groups in total. The summed E-state index contributed by atoms with van der Waals surface area (Å²) in [5, 5.41) is 2.77. The summed E-state index contributed by atoms with van der Waals surface area (Å²) in [4.78, 5) is 16.0. The number of aromatic nitrogens is 1. The highest BCUT2D eigenvalue weighted by molar-refractivity contribution is 9.10. The quantitative estimate of drug-likeness (QED) is 0.826. The number of nitrogens with two attached hydrogens (primary N) is 1. The lowest BCUT2D eigenvalue weighted by molar-refractivity contribution is -0.117. The molecule has 0 aliphatic rings. The van der Waals surface area contributed by atoms with Crippen LogP contribution in [0.15, 0.2) is 53.3 Å². The molecule has 0 aliphatic carbocycles. The van der Waals surface area contributed by atoms with Crippen LogP contribution in [0.3, 0.4) is 0 Å². The number of hydrogen-bond acceptors (Lipinski definition) is 3. The first-order valence-corrected chi connectivity index (χ1v) is 7.17. The van der Waals surface area contributed by atoms with Gasteiger partial charge in [-0.15, -0.1) is 0 Å². The number of nitrogens with one attached hydrogen (secondary N) is 1. The standard InChI is InChI=1S/C15H16BrN3O/c16-14-13(7-4-10-18-14)19-15(20)12(17)9-8-11-5-2-1-3-6-11/h1-7,10,12H,8-9,17H2,(H,19,20)/t12-/m0/s1. The molecule has 20 heavy (non-hydrogen) atoms. The summed E-state index contributed by atoms with van der Waals surface area (Å²) in [6.45, 7) is 0. The molecule has 0 saturated heterocycles. The van der Waals surface area contributed by atoms with Gasteiger partial charge in [0.05, 0.1) is 11.7 Å². The average Bonchev–Trinajstić information content (AvgIpc) is 2.48. The maximum absolute atomic E-state index is 12.0. The number of benzene rings is 1. The van der Waals surface area contributed by atoms with E-state index in [0.29, 0.717) is 16.7 Å². The molecule has 1 amide bonds. The first-order valence-electron chi connectivity index (χ1n) is 6.37. The number of pyridine rings is 1. The van der Waals surface area contributed by atoms with Crippen LogP contribution in [-0.4, -0.2) is 16.9 Å². The lowest BCUT2D eigenvalue weighted by atomic mass is 10.1. The van der Waals surface area contributed by atoms with Gasteiger partial charge in [0.1, 0.15) is 4.60 Å². The molecular weight excluding hydrogens is 318 g/mol. The summed E-state index contributed by atoms with van der Waals surface area (Å²) >= 11 is 3.28. The van der Waals surface area contributed by atoms with Crippen molar-refractivity contribution in [1.82, 2.24) is 4.98 Å². The molecule has 4 nitrogen and oxygen atoms in total. The third kappa shape index (κ3) is 4.15. The van der Waals surface area contributed by atoms with E-state index in [-0.39, 0.29) is 5.91 Å². The highest BCUT2D eigenvalue weighted by atomic mass is 79.9. The van der Waals surface area contributed by atoms with Crippen LogP contribution in [0.25, 0.3) is 0 Å². The summed E-state index contributed by atoms with van der Waals surface area (Å²) in [5.41, 5.74) is 7.73. The molecule has 0 aliphatic heterocycles. The van der Waals surface area contributed by atoms with Crippen molar-refractivity contribution < 1.29 is 4.79 Å². The number of amides is 1. The summed E-state index contributed by atoms with van der Waals surface area (Å²) in [7, 11) is 0. The predicted molar refractivity (Wildman–Crippen MR) is 83.3 cm³/mol. The highest BCUT2D eigenvalue weighted by Crippen LogP contribution is 2.18. The summed E-state index contributed by atoms with van der Waals surface area (Å²) < 4.78 is 0.601. The maximum atomic E-state index is 12.0. The van der Waals surface area contributed by atoms with Gasteiger partial charge in [-0.2, -0.15) is 0 Å². The van der Waals surface area contributed by atoms with Crippen molar-refractivity contribution in [3.8, 4) is 0 Å². The van der Waals surface area contributed by atoms with E-state index in [2.05, 4.69) is 26.2 Å². The Kier molecular flexibility index (Phi) is 5.26. The van der Waals surface area contributed by atoms with E-state index in [4.69, 9.17) is 5.73 Å². The number of anilines is 1. The number of nitrogens with zero attached hydrogens (tertiary/aromatic N) is 1. The van der Waals surface area contributed by atoms with Crippen molar-refractivity contribution in [3.05, 3.63) is 58.8 Å². The Labute approximate surface area is 126 Å². The van der Waals surface area contributed by atoms with Gasteiger partial charge in [-0.1, -0.05) is 30.3 Å². The minimum atomic E-state index is -0.540. The second kappa shape index (κ2) is 7.17. The molecule has 104 valence electrons. The SMILES string of the molecule is N[C@@H](CCc1ccccc1)C(=O)Nc1cccnc1Br. The summed E-state index contributed by atoms with van der Waals surface area (Å²) in [5.74, 6) is -0.199. The number of rotatable bonds is 5. The van der Waals surface area contributed by atoms with Gasteiger partial charge in [0.25, 0.3) is 0 Å². The fraction of sp³-hybridized carbons (Fsp3) is 0.200. The second-order valence-corrected chi connectivity index (χ2v) is 5.21. The topological polar surface area (TPSA) is 68.0 Å². The lowest BCUT2D eigenvalue weighted by Gasteiger charge is -2.12. The molecule has 0 fully saturated rings. The van der Waals surface area contributed by atoms with E-state index in [1.807, 2.05) is 30.3 Å². The second-order valence-electron chi connectivity index (χ2n) is 4.46. The van der Waals surface area contributed by atoms with Gasteiger partial charge in [-0.05, 0) is 46.5 Å². The van der Waals surface area contributed by atoms with Crippen molar-refractivity contribution in [1.29, 1.82) is 0 Å². The molecular formula is C15H16BrN3O. The Balaban J connectivity index is 1.88. The molecule has 1 heterocycles.